The monoisotopic (exact) mass is 1830 g/mol. The summed E-state index contributed by atoms with van der Waals surface area (Å²) >= 11 is 25.9. The molecule has 19 rings (SSSR count). The van der Waals surface area contributed by atoms with E-state index in [0.717, 1.165) is 96.2 Å². The van der Waals surface area contributed by atoms with Crippen molar-refractivity contribution in [3.05, 3.63) is 250 Å². The summed E-state index contributed by atoms with van der Waals surface area (Å²) in [7, 11) is 1.95. The summed E-state index contributed by atoms with van der Waals surface area (Å²) < 4.78 is 28.4. The Morgan fingerprint density at radius 3 is 1.33 bits per heavy atom. The van der Waals surface area contributed by atoms with Crippen LogP contribution in [0.1, 0.15) is 141 Å². The predicted molar refractivity (Wildman–Crippen MR) is 501 cm³/mol. The average Bonchev–Trinajstić information content (AvgIpc) is 1.60. The van der Waals surface area contributed by atoms with Crippen LogP contribution in [0.15, 0.2) is 246 Å². The zero-order valence-electron chi connectivity index (χ0n) is 70.4. The molecule has 7 aromatic carbocycles. The van der Waals surface area contributed by atoms with Crippen LogP contribution < -0.4 is 0 Å². The van der Waals surface area contributed by atoms with Crippen LogP contribution in [-0.4, -0.2) is 116 Å². The Labute approximate surface area is 758 Å². The van der Waals surface area contributed by atoms with Crippen molar-refractivity contribution >= 4 is 159 Å². The largest absolute Gasteiger partial charge is 0.312 e. The number of aryl methyl sites for hydroxylation is 1. The van der Waals surface area contributed by atoms with Crippen molar-refractivity contribution in [2.75, 3.05) is 5.75 Å². The minimum atomic E-state index is -0.122. The maximum absolute atomic E-state index is 6.60. The molecular formula is C87H82Cl3N31S5. The molecule has 12 heterocycles. The van der Waals surface area contributed by atoms with Crippen LogP contribution in [0.5, 0.6) is 0 Å². The van der Waals surface area contributed by atoms with Crippen LogP contribution in [0.4, 0.5) is 43.3 Å². The summed E-state index contributed by atoms with van der Waals surface area (Å²) in [6.07, 6.45) is 2.02. The quantitative estimate of drug-likeness (QED) is 0.0470. The van der Waals surface area contributed by atoms with E-state index in [1.54, 1.807) is 25.7 Å². The minimum Gasteiger partial charge on any atom is -0.312 e. The Bertz CT molecular complexity index is 7110. The number of rotatable bonds is 22. The van der Waals surface area contributed by atoms with Crippen molar-refractivity contribution in [2.24, 2.45) is 48.0 Å². The van der Waals surface area contributed by atoms with Crippen LogP contribution in [0, 0.1) is 0 Å². The highest BCUT2D eigenvalue weighted by Crippen LogP contribution is 2.44. The lowest BCUT2D eigenvalue weighted by Gasteiger charge is -2.16. The van der Waals surface area contributed by atoms with Crippen LogP contribution >= 0.6 is 92.7 Å². The molecule has 0 saturated heterocycles. The van der Waals surface area contributed by atoms with E-state index in [1.165, 1.54) is 46.1 Å². The number of hydrogen-bond acceptors (Lipinski definition) is 28. The first-order valence-corrected chi connectivity index (χ1v) is 45.4. The van der Waals surface area contributed by atoms with Gasteiger partial charge in [-0.25, -0.2) is 14.5 Å². The highest BCUT2D eigenvalue weighted by molar-refractivity contribution is 7.99. The van der Waals surface area contributed by atoms with Crippen molar-refractivity contribution in [2.45, 2.75) is 124 Å². The van der Waals surface area contributed by atoms with Gasteiger partial charge in [-0.05, 0) is 35.4 Å². The SMILES string of the molecule is CC(C)c1cn2[nH]c(C(C)(C)C)c(N=Nc3nc(-c4ccccc4)ns3)c2n1.CC(C)c1nn2nc(-c3ccccc3Cl)c(N=Nc3nc(-c4ccccc4)ns3)c2n1C.CC(C)c1nn2nc(-c3ccccc3Cl)c(N=Nc3nc(-c4ccccc4)ns3)c2n1Cc1ccccc1.CCSc1nsc(N=Nc2c(-c3ccccc3Cl)[nH]n3nc(C(C)C)nc23)n1. The molecular weight excluding hydrogens is 1750 g/mol. The molecule has 636 valence electrons. The van der Waals surface area contributed by atoms with Crippen LogP contribution in [0.25, 0.3) is 90.5 Å². The molecule has 0 amide bonds. The van der Waals surface area contributed by atoms with Crippen LogP contribution in [0.2, 0.25) is 15.1 Å². The smallest absolute Gasteiger partial charge is 0.250 e. The second-order valence-corrected chi connectivity index (χ2v) is 36.2. The van der Waals surface area contributed by atoms with Crippen molar-refractivity contribution < 1.29 is 0 Å². The minimum absolute atomic E-state index is 0.122. The van der Waals surface area contributed by atoms with Crippen LogP contribution in [0.3, 0.4) is 0 Å². The van der Waals surface area contributed by atoms with E-state index in [0.29, 0.717) is 110 Å². The van der Waals surface area contributed by atoms with Crippen molar-refractivity contribution in [3.63, 3.8) is 0 Å². The van der Waals surface area contributed by atoms with Gasteiger partial charge in [-0.2, -0.15) is 42.1 Å². The number of nitrogens with one attached hydrogen (secondary N) is 2. The summed E-state index contributed by atoms with van der Waals surface area (Å²) in [6.45, 7) is 25.8. The molecule has 31 nitrogen and oxygen atoms in total. The summed E-state index contributed by atoms with van der Waals surface area (Å²) in [5.74, 6) is 6.27. The van der Waals surface area contributed by atoms with E-state index >= 15 is 0 Å². The molecule has 2 N–H and O–H groups in total. The maximum Gasteiger partial charge on any atom is 0.250 e. The first kappa shape index (κ1) is 86.7. The molecule has 39 heteroatoms. The Hall–Kier alpha value is -12.8. The van der Waals surface area contributed by atoms with Gasteiger partial charge in [-0.1, -0.05) is 306 Å². The Morgan fingerprint density at radius 1 is 0.421 bits per heavy atom. The van der Waals surface area contributed by atoms with E-state index in [9.17, 15) is 0 Å². The average molecular weight is 1830 g/mol. The molecule has 126 heavy (non-hydrogen) atoms. The number of aromatic amines is 2. The number of imidazole rings is 1. The topological polar surface area (TPSA) is 351 Å². The van der Waals surface area contributed by atoms with Crippen molar-refractivity contribution in [3.8, 4) is 67.9 Å². The zero-order chi connectivity index (χ0) is 87.9. The molecule has 0 spiro atoms. The molecule has 0 atom stereocenters. The van der Waals surface area contributed by atoms with Gasteiger partial charge in [0, 0.05) is 110 Å². The number of benzene rings is 7. The lowest BCUT2D eigenvalue weighted by Crippen LogP contribution is -2.12. The number of azo groups is 4. The van der Waals surface area contributed by atoms with E-state index in [-0.39, 0.29) is 23.2 Å². The third-order valence-corrected chi connectivity index (χ3v) is 23.6. The second-order valence-electron chi connectivity index (χ2n) is 30.8. The molecule has 19 aromatic rings. The van der Waals surface area contributed by atoms with E-state index in [2.05, 4.69) is 190 Å². The number of hydrogen-bond donors (Lipinski definition) is 2. The van der Waals surface area contributed by atoms with Gasteiger partial charge in [0.15, 0.2) is 63.0 Å². The number of H-pyrrole nitrogens is 2. The molecule has 0 radical (unpaired) electrons. The summed E-state index contributed by atoms with van der Waals surface area (Å²) in [6, 6.07) is 62.3. The van der Waals surface area contributed by atoms with Gasteiger partial charge < -0.3 is 9.13 Å². The summed E-state index contributed by atoms with van der Waals surface area (Å²) in [5, 5.41) is 70.3. The van der Waals surface area contributed by atoms with Gasteiger partial charge in [0.05, 0.1) is 44.9 Å². The number of aromatic nitrogens is 23. The number of thioether (sulfide) groups is 1. The van der Waals surface area contributed by atoms with Crippen molar-refractivity contribution in [1.29, 1.82) is 0 Å². The fourth-order valence-corrected chi connectivity index (χ4v) is 16.7. The second kappa shape index (κ2) is 38.3. The van der Waals surface area contributed by atoms with E-state index in [1.807, 2.05) is 218 Å². The van der Waals surface area contributed by atoms with E-state index in [4.69, 9.17) is 55.1 Å². The molecule has 0 saturated carbocycles. The molecule has 12 aromatic heterocycles. The molecule has 0 fully saturated rings. The third-order valence-electron chi connectivity index (χ3n) is 19.4. The Balaban J connectivity index is 0.000000125. The van der Waals surface area contributed by atoms with Gasteiger partial charge in [0.25, 0.3) is 0 Å². The summed E-state index contributed by atoms with van der Waals surface area (Å²) in [4.78, 5) is 27.3. The number of halogens is 3. The first-order valence-electron chi connectivity index (χ1n) is 40.1. The van der Waals surface area contributed by atoms with Crippen LogP contribution in [-0.2, 0) is 19.0 Å². The fraction of sp³-hybridized carbons (Fsp3) is 0.230. The van der Waals surface area contributed by atoms with E-state index < -0.39 is 0 Å². The predicted octanol–water partition coefficient (Wildman–Crippen LogP) is 26.3. The van der Waals surface area contributed by atoms with Gasteiger partial charge >= 0.3 is 0 Å². The molecule has 0 bridgehead atoms. The molecule has 0 aliphatic carbocycles. The third kappa shape index (κ3) is 19.2. The lowest BCUT2D eigenvalue weighted by molar-refractivity contribution is 0.563. The Kier molecular flexibility index (Phi) is 26.4. The zero-order valence-corrected chi connectivity index (χ0v) is 76.8. The lowest BCUT2D eigenvalue weighted by atomic mass is 9.91. The highest BCUT2D eigenvalue weighted by atomic mass is 35.5. The van der Waals surface area contributed by atoms with Gasteiger partial charge in [-0.15, -0.1) is 75.7 Å². The molecule has 0 aliphatic rings. The number of fused-ring (bicyclic) bond motifs is 4. The molecule has 0 aliphatic heterocycles. The molecule has 0 unspecified atom stereocenters. The van der Waals surface area contributed by atoms with Gasteiger partial charge in [-0.3, -0.25) is 10.2 Å². The van der Waals surface area contributed by atoms with Gasteiger partial charge in [0.2, 0.25) is 31.3 Å². The standard InChI is InChI=1S/C28H23ClN8S.C22H19ClN8S.C20H23N7S.C17H17ClN8S2/c1-18(2)26-34-37-27(36(26)17-19-11-5-3-6-12-19)24(23(33-37)21-15-9-10-16-22(21)29)31-32-28-30-25(35-38-28)20-13-7-4-8-14-20;1-13(2)20-28-31-21(30(20)3)18(17(27-31)15-11-7-8-12-16(15)23)25-26-22-24-19(29-32-22)14-9-5-4-6-10-14;1-12(2)14-11-27-18(21-14)15(16(25-27)20(3,4)5)23-24-19-22-17(26-28-19)13-9-7-6-8-10-13;1-4-27-17-20-16(28-25-17)22-21-13-12(10-7-5-6-8-11(10)18)23-26-15(13)19-14(24-26)9(2)3/h3-16,18H,17H2,1-2H3;4-13H,1-3H3;6-12,25H,1-5H3;5-9,23H,4H2,1-3H3. The first-order chi connectivity index (χ1) is 61.0. The number of nitrogens with zero attached hydrogens (tertiary/aromatic N) is 29. The Morgan fingerprint density at radius 2 is 0.857 bits per heavy atom. The van der Waals surface area contributed by atoms with Gasteiger partial charge in [0.1, 0.15) is 23.0 Å². The fourth-order valence-electron chi connectivity index (χ4n) is 13.2. The normalized spacial score (nSPS) is 12.1. The summed E-state index contributed by atoms with van der Waals surface area (Å²) in [5.41, 5.74) is 15.4. The highest BCUT2D eigenvalue weighted by Gasteiger charge is 2.30. The maximum atomic E-state index is 6.60. The van der Waals surface area contributed by atoms with Crippen molar-refractivity contribution in [1.82, 2.24) is 111 Å².